The molecular formula is C23H21ClN4O2. The van der Waals surface area contributed by atoms with Gasteiger partial charge < -0.3 is 4.74 Å². The molecule has 0 spiro atoms. The number of esters is 1. The lowest BCUT2D eigenvalue weighted by atomic mass is 9.81. The predicted octanol–water partition coefficient (Wildman–Crippen LogP) is 4.51. The fourth-order valence-corrected chi connectivity index (χ4v) is 3.69. The second-order valence-corrected chi connectivity index (χ2v) is 7.62. The molecular weight excluding hydrogens is 400 g/mol. The molecule has 30 heavy (non-hydrogen) atoms. The normalized spacial score (nSPS) is 13.2. The Morgan fingerprint density at radius 3 is 2.60 bits per heavy atom. The third kappa shape index (κ3) is 3.66. The van der Waals surface area contributed by atoms with Gasteiger partial charge in [0.1, 0.15) is 5.41 Å². The second-order valence-electron chi connectivity index (χ2n) is 7.18. The summed E-state index contributed by atoms with van der Waals surface area (Å²) in [5, 5.41) is 5.22. The van der Waals surface area contributed by atoms with Gasteiger partial charge in [0.25, 0.3) is 0 Å². The van der Waals surface area contributed by atoms with Crippen LogP contribution >= 0.6 is 11.6 Å². The molecule has 152 valence electrons. The highest BCUT2D eigenvalue weighted by Gasteiger charge is 2.40. The summed E-state index contributed by atoms with van der Waals surface area (Å²) in [6.45, 7) is 3.95. The van der Waals surface area contributed by atoms with Crippen LogP contribution in [0.5, 0.6) is 0 Å². The number of benzene rings is 1. The van der Waals surface area contributed by atoms with Crippen LogP contribution in [0.1, 0.15) is 25.2 Å². The van der Waals surface area contributed by atoms with Crippen molar-refractivity contribution in [2.24, 2.45) is 0 Å². The van der Waals surface area contributed by atoms with Crippen LogP contribution in [-0.2, 0) is 21.4 Å². The molecule has 0 aliphatic rings. The molecule has 0 N–H and O–H groups in total. The zero-order chi connectivity index (χ0) is 21.1. The number of nitrogens with zero attached hydrogens (tertiary/aromatic N) is 4. The van der Waals surface area contributed by atoms with Crippen LogP contribution in [0.2, 0.25) is 5.02 Å². The molecule has 4 aromatic rings. The Labute approximate surface area is 179 Å². The molecule has 1 unspecified atom stereocenters. The molecule has 1 aromatic carbocycles. The maximum atomic E-state index is 13.1. The van der Waals surface area contributed by atoms with Gasteiger partial charge in [0, 0.05) is 35.1 Å². The molecule has 0 fully saturated rings. The van der Waals surface area contributed by atoms with Crippen molar-refractivity contribution in [2.45, 2.75) is 25.7 Å². The van der Waals surface area contributed by atoms with Crippen LogP contribution in [0, 0.1) is 0 Å². The average Bonchev–Trinajstić information content (AvgIpc) is 3.19. The standard InChI is InChI=1S/C23H21ClN4O2/c1-3-30-22(29)23(2,14-18-6-4-5-12-25-18)20-11-13-26-21-19(15-27-28(20)21)16-7-9-17(24)10-8-16/h4-13,15H,3,14H2,1-2H3. The fraction of sp³-hybridized carbons (Fsp3) is 0.217. The lowest BCUT2D eigenvalue weighted by Gasteiger charge is -2.27. The summed E-state index contributed by atoms with van der Waals surface area (Å²) in [5.74, 6) is -0.327. The van der Waals surface area contributed by atoms with E-state index in [1.54, 1.807) is 30.0 Å². The van der Waals surface area contributed by atoms with E-state index < -0.39 is 5.41 Å². The third-order valence-electron chi connectivity index (χ3n) is 5.11. The maximum absolute atomic E-state index is 13.1. The number of carbonyl (C=O) groups is 1. The van der Waals surface area contributed by atoms with Crippen molar-refractivity contribution in [3.63, 3.8) is 0 Å². The van der Waals surface area contributed by atoms with E-state index in [4.69, 9.17) is 16.3 Å². The fourth-order valence-electron chi connectivity index (χ4n) is 3.56. The Kier molecular flexibility index (Phi) is 5.50. The van der Waals surface area contributed by atoms with Gasteiger partial charge >= 0.3 is 5.97 Å². The van der Waals surface area contributed by atoms with Crippen LogP contribution in [0.4, 0.5) is 0 Å². The van der Waals surface area contributed by atoms with Gasteiger partial charge in [-0.3, -0.25) is 9.78 Å². The Morgan fingerprint density at radius 1 is 1.10 bits per heavy atom. The topological polar surface area (TPSA) is 69.4 Å². The molecule has 0 aliphatic carbocycles. The first-order valence-corrected chi connectivity index (χ1v) is 10.1. The van der Waals surface area contributed by atoms with E-state index in [-0.39, 0.29) is 5.97 Å². The minimum absolute atomic E-state index is 0.292. The number of hydrogen-bond acceptors (Lipinski definition) is 5. The highest BCUT2D eigenvalue weighted by molar-refractivity contribution is 6.30. The second kappa shape index (κ2) is 8.24. The van der Waals surface area contributed by atoms with Crippen molar-refractivity contribution < 1.29 is 9.53 Å². The Morgan fingerprint density at radius 2 is 1.90 bits per heavy atom. The van der Waals surface area contributed by atoms with E-state index in [2.05, 4.69) is 15.1 Å². The maximum Gasteiger partial charge on any atom is 0.318 e. The van der Waals surface area contributed by atoms with Crippen molar-refractivity contribution in [3.8, 4) is 11.1 Å². The first-order valence-electron chi connectivity index (χ1n) is 9.69. The quantitative estimate of drug-likeness (QED) is 0.429. The minimum atomic E-state index is -0.991. The number of halogens is 1. The summed E-state index contributed by atoms with van der Waals surface area (Å²) in [5.41, 5.74) is 2.96. The molecule has 0 aliphatic heterocycles. The molecule has 0 radical (unpaired) electrons. The summed E-state index contributed by atoms with van der Waals surface area (Å²) in [4.78, 5) is 22.0. The van der Waals surface area contributed by atoms with Gasteiger partial charge in [-0.2, -0.15) is 5.10 Å². The van der Waals surface area contributed by atoms with E-state index in [0.29, 0.717) is 29.4 Å². The van der Waals surface area contributed by atoms with Crippen molar-refractivity contribution in [1.82, 2.24) is 19.6 Å². The van der Waals surface area contributed by atoms with E-state index in [1.807, 2.05) is 55.5 Å². The Hall–Kier alpha value is -3.25. The predicted molar refractivity (Wildman–Crippen MR) is 115 cm³/mol. The van der Waals surface area contributed by atoms with Gasteiger partial charge in [-0.05, 0) is 49.7 Å². The molecule has 1 atom stereocenters. The van der Waals surface area contributed by atoms with Gasteiger partial charge in [0.2, 0.25) is 0 Å². The number of pyridine rings is 1. The summed E-state index contributed by atoms with van der Waals surface area (Å²) >= 11 is 6.02. The van der Waals surface area contributed by atoms with Crippen LogP contribution < -0.4 is 0 Å². The number of rotatable bonds is 6. The number of hydrogen-bond donors (Lipinski definition) is 0. The van der Waals surface area contributed by atoms with Crippen molar-refractivity contribution in [1.29, 1.82) is 0 Å². The lowest BCUT2D eigenvalue weighted by Crippen LogP contribution is -2.39. The van der Waals surface area contributed by atoms with Gasteiger partial charge in [0.05, 0.1) is 18.5 Å². The number of aromatic nitrogens is 4. The molecule has 0 saturated heterocycles. The van der Waals surface area contributed by atoms with E-state index in [9.17, 15) is 4.79 Å². The highest BCUT2D eigenvalue weighted by Crippen LogP contribution is 2.32. The largest absolute Gasteiger partial charge is 0.465 e. The molecule has 6 nitrogen and oxygen atoms in total. The number of carbonyl (C=O) groups excluding carboxylic acids is 1. The van der Waals surface area contributed by atoms with E-state index in [1.165, 1.54) is 0 Å². The van der Waals surface area contributed by atoms with E-state index >= 15 is 0 Å². The zero-order valence-electron chi connectivity index (χ0n) is 16.7. The molecule has 4 rings (SSSR count). The van der Waals surface area contributed by atoms with Crippen molar-refractivity contribution in [3.05, 3.63) is 83.5 Å². The summed E-state index contributed by atoms with van der Waals surface area (Å²) in [7, 11) is 0. The molecule has 0 amide bonds. The van der Waals surface area contributed by atoms with Crippen LogP contribution in [0.15, 0.2) is 67.1 Å². The molecule has 0 saturated carbocycles. The zero-order valence-corrected chi connectivity index (χ0v) is 17.5. The Bertz CT molecular complexity index is 1180. The lowest BCUT2D eigenvalue weighted by molar-refractivity contribution is -0.149. The van der Waals surface area contributed by atoms with Crippen molar-refractivity contribution in [2.75, 3.05) is 6.61 Å². The molecule has 7 heteroatoms. The van der Waals surface area contributed by atoms with Crippen molar-refractivity contribution >= 4 is 23.2 Å². The highest BCUT2D eigenvalue weighted by atomic mass is 35.5. The Balaban J connectivity index is 1.85. The number of fused-ring (bicyclic) bond motifs is 1. The van der Waals surface area contributed by atoms with Gasteiger partial charge in [0.15, 0.2) is 5.65 Å². The molecule has 3 heterocycles. The summed E-state index contributed by atoms with van der Waals surface area (Å²) < 4.78 is 7.16. The smallest absolute Gasteiger partial charge is 0.318 e. The van der Waals surface area contributed by atoms with Crippen LogP contribution in [0.3, 0.4) is 0 Å². The monoisotopic (exact) mass is 420 g/mol. The summed E-state index contributed by atoms with van der Waals surface area (Å²) in [6, 6.07) is 15.0. The minimum Gasteiger partial charge on any atom is -0.465 e. The van der Waals surface area contributed by atoms with Crippen LogP contribution in [0.25, 0.3) is 16.8 Å². The van der Waals surface area contributed by atoms with Gasteiger partial charge in [-0.15, -0.1) is 0 Å². The molecule has 0 bridgehead atoms. The SMILES string of the molecule is CCOC(=O)C(C)(Cc1ccccn1)c1ccnc2c(-c3ccc(Cl)cc3)cnn12. The van der Waals surface area contributed by atoms with Gasteiger partial charge in [-0.1, -0.05) is 29.8 Å². The molecule has 3 aromatic heterocycles. The number of ether oxygens (including phenoxy) is 1. The van der Waals surface area contributed by atoms with E-state index in [0.717, 1.165) is 16.8 Å². The third-order valence-corrected chi connectivity index (χ3v) is 5.36. The van der Waals surface area contributed by atoms with Crippen LogP contribution in [-0.4, -0.2) is 32.2 Å². The van der Waals surface area contributed by atoms with Gasteiger partial charge in [-0.25, -0.2) is 9.50 Å². The first-order chi connectivity index (χ1) is 14.5. The first kappa shape index (κ1) is 20.0. The average molecular weight is 421 g/mol. The summed E-state index contributed by atoms with van der Waals surface area (Å²) in [6.07, 6.45) is 5.54.